The van der Waals surface area contributed by atoms with Crippen LogP contribution in [0.1, 0.15) is 19.4 Å². The van der Waals surface area contributed by atoms with E-state index in [1.165, 1.54) is 21.6 Å². The molecule has 0 bridgehead atoms. The molecule has 2 heteroatoms. The summed E-state index contributed by atoms with van der Waals surface area (Å²) in [5, 5.41) is 0. The van der Waals surface area contributed by atoms with E-state index in [0.717, 1.165) is 13.1 Å². The predicted octanol–water partition coefficient (Wildman–Crippen LogP) is 3.12. The van der Waals surface area contributed by atoms with E-state index < -0.39 is 0 Å². The Morgan fingerprint density at radius 3 is 2.20 bits per heavy atom. The minimum absolute atomic E-state index is 1.01. The van der Waals surface area contributed by atoms with Gasteiger partial charge in [0.2, 0.25) is 0 Å². The Kier molecular flexibility index (Phi) is 6.06. The Morgan fingerprint density at radius 2 is 1.65 bits per heavy atom. The molecule has 0 spiro atoms. The molecule has 1 nitrogen and oxygen atoms in total. The van der Waals surface area contributed by atoms with E-state index in [9.17, 15) is 0 Å². The number of likely N-dealkylation sites (N-methyl/N-ethyl adjacent to an activating group) is 1. The summed E-state index contributed by atoms with van der Waals surface area (Å²) in [6.45, 7) is 6.38. The van der Waals surface area contributed by atoms with Gasteiger partial charge in [-0.3, -0.25) is 0 Å². The molecular weight excluding hydrogens is 309 g/mol. The van der Waals surface area contributed by atoms with Gasteiger partial charge in [0.25, 0.3) is 0 Å². The van der Waals surface area contributed by atoms with Crippen molar-refractivity contribution in [2.75, 3.05) is 13.1 Å². The fourth-order valence-corrected chi connectivity index (χ4v) is 3.04. The second kappa shape index (κ2) is 7.81. The number of hydrogen-bond acceptors (Lipinski definition) is 1. The molecule has 0 amide bonds. The number of benzene rings is 1. The van der Waals surface area contributed by atoms with Crippen molar-refractivity contribution >= 4 is 25.7 Å². The second-order valence-corrected chi connectivity index (χ2v) is 5.49. The third-order valence-corrected chi connectivity index (χ3v) is 4.19. The number of allylic oxidation sites excluding steroid dienone is 1. The molecule has 0 saturated heterocycles. The van der Waals surface area contributed by atoms with Crippen molar-refractivity contribution in [3.05, 3.63) is 73.6 Å². The van der Waals surface area contributed by atoms with Gasteiger partial charge in [-0.25, -0.2) is 0 Å². The van der Waals surface area contributed by atoms with Gasteiger partial charge in [-0.1, -0.05) is 0 Å². The number of hydrogen-bond donors (Lipinski definition) is 0. The molecule has 5 radical (unpaired) electrons. The van der Waals surface area contributed by atoms with Crippen molar-refractivity contribution in [2.45, 2.75) is 13.8 Å². The molecule has 1 aliphatic rings. The van der Waals surface area contributed by atoms with Crippen molar-refractivity contribution in [1.82, 2.24) is 4.90 Å². The molecule has 103 valence electrons. The molecule has 0 atom stereocenters. The van der Waals surface area contributed by atoms with Crippen molar-refractivity contribution < 1.29 is 0 Å². The molecule has 1 aromatic carbocycles. The molecule has 0 aromatic heterocycles. The van der Waals surface area contributed by atoms with Gasteiger partial charge < -0.3 is 0 Å². The van der Waals surface area contributed by atoms with Crippen LogP contribution in [0.2, 0.25) is 0 Å². The SMILES string of the molecule is CCN(CC)C(=[Se])/C=C(\[C]1[CH][CH][CH][CH]1)c1ccccc1. The normalized spacial score (nSPS) is 16.4. The summed E-state index contributed by atoms with van der Waals surface area (Å²) in [7, 11) is 0. The Bertz CT molecular complexity index is 454. The zero-order valence-electron chi connectivity index (χ0n) is 12.0. The molecule has 0 unspecified atom stereocenters. The minimum atomic E-state index is 1.01. The van der Waals surface area contributed by atoms with Crippen molar-refractivity contribution in [1.29, 1.82) is 0 Å². The van der Waals surface area contributed by atoms with E-state index in [1.54, 1.807) is 0 Å². The summed E-state index contributed by atoms with van der Waals surface area (Å²) >= 11 is 3.21. The molecule has 0 heterocycles. The Morgan fingerprint density at radius 1 is 1.05 bits per heavy atom. The van der Waals surface area contributed by atoms with Gasteiger partial charge in [-0.15, -0.1) is 0 Å². The third kappa shape index (κ3) is 3.84. The van der Waals surface area contributed by atoms with Crippen molar-refractivity contribution in [2.24, 2.45) is 0 Å². The van der Waals surface area contributed by atoms with Crippen LogP contribution in [0.15, 0.2) is 36.4 Å². The molecule has 0 aliphatic heterocycles. The average Bonchev–Trinajstić information content (AvgIpc) is 3.01. The predicted molar refractivity (Wildman–Crippen MR) is 88.5 cm³/mol. The van der Waals surface area contributed by atoms with Gasteiger partial charge in [-0.2, -0.15) is 0 Å². The first-order valence-electron chi connectivity index (χ1n) is 7.04. The summed E-state index contributed by atoms with van der Waals surface area (Å²) in [5.74, 6) is 1.26. The number of rotatable bonds is 6. The molecule has 2 rings (SSSR count). The van der Waals surface area contributed by atoms with E-state index in [1.807, 2.05) is 0 Å². The van der Waals surface area contributed by atoms with Crippen LogP contribution >= 0.6 is 0 Å². The van der Waals surface area contributed by atoms with E-state index in [0.29, 0.717) is 0 Å². The van der Waals surface area contributed by atoms with Gasteiger partial charge in [0.15, 0.2) is 0 Å². The second-order valence-electron chi connectivity index (χ2n) is 4.61. The van der Waals surface area contributed by atoms with Gasteiger partial charge in [-0.05, 0) is 0 Å². The van der Waals surface area contributed by atoms with Crippen LogP contribution in [0.25, 0.3) is 5.57 Å². The zero-order valence-corrected chi connectivity index (χ0v) is 13.8. The van der Waals surface area contributed by atoms with E-state index in [2.05, 4.69) is 96.4 Å². The average molecular weight is 329 g/mol. The van der Waals surface area contributed by atoms with Crippen molar-refractivity contribution in [3.63, 3.8) is 0 Å². The Labute approximate surface area is 131 Å². The maximum absolute atomic E-state index is 3.21. The Balaban J connectivity index is 2.29. The standard InChI is InChI=1S/C18H20NSe/c1-3-19(4-2)18(20)14-17(16-12-8-9-13-16)15-10-6-5-7-11-15/h5-14H,3-4H2,1-2H3/b17-14-. The van der Waals surface area contributed by atoms with Crippen LogP contribution in [-0.2, 0) is 0 Å². The van der Waals surface area contributed by atoms with Crippen LogP contribution < -0.4 is 0 Å². The van der Waals surface area contributed by atoms with E-state index in [4.69, 9.17) is 0 Å². The summed E-state index contributed by atoms with van der Waals surface area (Å²) < 4.78 is 1.19. The van der Waals surface area contributed by atoms with Crippen LogP contribution in [0, 0.1) is 31.6 Å². The quantitative estimate of drug-likeness (QED) is 0.725. The molecule has 0 N–H and O–H groups in total. The van der Waals surface area contributed by atoms with Gasteiger partial charge in [0.05, 0.1) is 0 Å². The Hall–Kier alpha value is -0.851. The summed E-state index contributed by atoms with van der Waals surface area (Å²) in [6, 6.07) is 10.5. The molecule has 20 heavy (non-hydrogen) atoms. The molecular formula is C18H20NSe. The van der Waals surface area contributed by atoms with Gasteiger partial charge in [0.1, 0.15) is 0 Å². The molecule has 1 aromatic rings. The maximum atomic E-state index is 3.21. The number of nitrogens with zero attached hydrogens (tertiary/aromatic N) is 1. The fraction of sp³-hybridized carbons (Fsp3) is 0.222. The molecule has 1 aliphatic carbocycles. The van der Waals surface area contributed by atoms with Gasteiger partial charge >= 0.3 is 131 Å². The first-order valence-corrected chi connectivity index (χ1v) is 7.90. The zero-order chi connectivity index (χ0) is 14.4. The van der Waals surface area contributed by atoms with Crippen LogP contribution in [0.5, 0.6) is 0 Å². The first kappa shape index (κ1) is 15.5. The summed E-state index contributed by atoms with van der Waals surface area (Å²) in [4.78, 5) is 2.33. The molecule has 1 fully saturated rings. The van der Waals surface area contributed by atoms with Crippen LogP contribution in [-0.4, -0.2) is 38.1 Å². The molecule has 1 saturated carbocycles. The monoisotopic (exact) mass is 330 g/mol. The summed E-state index contributed by atoms with van der Waals surface area (Å²) in [5.41, 5.74) is 2.51. The first-order chi connectivity index (χ1) is 9.76. The topological polar surface area (TPSA) is 3.24 Å². The van der Waals surface area contributed by atoms with Crippen LogP contribution in [0.3, 0.4) is 0 Å². The third-order valence-electron chi connectivity index (χ3n) is 3.40. The van der Waals surface area contributed by atoms with Crippen LogP contribution in [0.4, 0.5) is 0 Å². The van der Waals surface area contributed by atoms with Gasteiger partial charge in [0, 0.05) is 0 Å². The fourth-order valence-electron chi connectivity index (χ4n) is 2.25. The van der Waals surface area contributed by atoms with E-state index in [-0.39, 0.29) is 0 Å². The summed E-state index contributed by atoms with van der Waals surface area (Å²) in [6.07, 6.45) is 10.7. The van der Waals surface area contributed by atoms with E-state index >= 15 is 0 Å². The van der Waals surface area contributed by atoms with Crippen molar-refractivity contribution in [3.8, 4) is 0 Å².